The first-order valence-corrected chi connectivity index (χ1v) is 7.91. The Labute approximate surface area is 126 Å². The third-order valence-electron chi connectivity index (χ3n) is 2.85. The molecule has 0 unspecified atom stereocenters. The van der Waals surface area contributed by atoms with Gasteiger partial charge in [-0.25, -0.2) is 4.98 Å². The van der Waals surface area contributed by atoms with Gasteiger partial charge in [-0.1, -0.05) is 17.7 Å². The highest BCUT2D eigenvalue weighted by Gasteiger charge is 2.24. The highest BCUT2D eigenvalue weighted by molar-refractivity contribution is 7.92. The minimum Gasteiger partial charge on any atom is -0.288 e. The van der Waals surface area contributed by atoms with Crippen molar-refractivity contribution in [3.63, 3.8) is 0 Å². The van der Waals surface area contributed by atoms with Crippen molar-refractivity contribution >= 4 is 33.0 Å². The van der Waals surface area contributed by atoms with E-state index in [4.69, 9.17) is 11.6 Å². The third kappa shape index (κ3) is 2.57. The Hall–Kier alpha value is -2.12. The van der Waals surface area contributed by atoms with Crippen LogP contribution in [0.4, 0.5) is 5.69 Å². The first-order chi connectivity index (χ1) is 9.97. The zero-order chi connectivity index (χ0) is 15.0. The summed E-state index contributed by atoms with van der Waals surface area (Å²) in [5.74, 6) is 0. The number of hydrogen-bond acceptors (Lipinski definition) is 4. The van der Waals surface area contributed by atoms with E-state index in [1.807, 2.05) is 0 Å². The van der Waals surface area contributed by atoms with E-state index in [0.717, 1.165) is 0 Å². The summed E-state index contributed by atoms with van der Waals surface area (Å²) in [5.41, 5.74) is 1.60. The first-order valence-electron chi connectivity index (χ1n) is 6.05. The van der Waals surface area contributed by atoms with Crippen LogP contribution in [-0.2, 0) is 10.0 Å². The molecule has 0 fully saturated rings. The van der Waals surface area contributed by atoms with Crippen LogP contribution in [0.1, 0.15) is 5.69 Å². The lowest BCUT2D eigenvalue weighted by molar-refractivity contribution is 0.596. The van der Waals surface area contributed by atoms with E-state index in [0.29, 0.717) is 17.0 Å². The number of nitrogens with zero attached hydrogens (tertiary/aromatic N) is 3. The maximum atomic E-state index is 12.5. The molecule has 0 aliphatic heterocycles. The standard InChI is InChI=1S/C13H11ClN4O2S/c1-9-8-10(5-6-15-9)17-21(19,20)13-12(14)16-11-4-2-3-7-18(11)13/h2-8H,1H3,(H,15,17). The van der Waals surface area contributed by atoms with E-state index < -0.39 is 10.0 Å². The first kappa shape index (κ1) is 13.8. The molecule has 1 N–H and O–H groups in total. The summed E-state index contributed by atoms with van der Waals surface area (Å²) in [6.45, 7) is 1.78. The number of pyridine rings is 2. The van der Waals surface area contributed by atoms with E-state index in [-0.39, 0.29) is 10.2 Å². The molecule has 0 aliphatic rings. The molecule has 0 aromatic carbocycles. The second kappa shape index (κ2) is 5.01. The van der Waals surface area contributed by atoms with Gasteiger partial charge in [-0.05, 0) is 31.2 Å². The minimum absolute atomic E-state index is 0.0699. The molecule has 3 rings (SSSR count). The predicted octanol–water partition coefficient (Wildman–Crippen LogP) is 2.49. The predicted molar refractivity (Wildman–Crippen MR) is 80.0 cm³/mol. The molecule has 0 radical (unpaired) electrons. The van der Waals surface area contributed by atoms with Gasteiger partial charge in [0.2, 0.25) is 0 Å². The van der Waals surface area contributed by atoms with Gasteiger partial charge in [0.15, 0.2) is 10.2 Å². The van der Waals surface area contributed by atoms with E-state index >= 15 is 0 Å². The Bertz CT molecular complexity index is 921. The lowest BCUT2D eigenvalue weighted by atomic mass is 10.3. The van der Waals surface area contributed by atoms with Crippen LogP contribution in [-0.4, -0.2) is 22.8 Å². The van der Waals surface area contributed by atoms with Crippen LogP contribution < -0.4 is 4.72 Å². The van der Waals surface area contributed by atoms with Gasteiger partial charge >= 0.3 is 0 Å². The fourth-order valence-electron chi connectivity index (χ4n) is 2.00. The average molecular weight is 323 g/mol. The Morgan fingerprint density at radius 1 is 1.29 bits per heavy atom. The van der Waals surface area contributed by atoms with Gasteiger partial charge in [-0.2, -0.15) is 8.42 Å². The molecule has 3 heterocycles. The Morgan fingerprint density at radius 3 is 2.86 bits per heavy atom. The van der Waals surface area contributed by atoms with Crippen LogP contribution in [0.2, 0.25) is 5.15 Å². The Kier molecular flexibility index (Phi) is 3.30. The van der Waals surface area contributed by atoms with Crippen molar-refractivity contribution in [2.45, 2.75) is 11.9 Å². The molecule has 3 aromatic heterocycles. The number of imidazole rings is 1. The molecule has 0 atom stereocenters. The van der Waals surface area contributed by atoms with Gasteiger partial charge in [0.25, 0.3) is 10.0 Å². The molecule has 0 saturated carbocycles. The number of hydrogen-bond donors (Lipinski definition) is 1. The van der Waals surface area contributed by atoms with Gasteiger partial charge < -0.3 is 0 Å². The van der Waals surface area contributed by atoms with E-state index in [2.05, 4.69) is 14.7 Å². The number of aromatic nitrogens is 3. The van der Waals surface area contributed by atoms with Crippen molar-refractivity contribution in [3.8, 4) is 0 Å². The fraction of sp³-hybridized carbons (Fsp3) is 0.0769. The molecule has 8 heteroatoms. The molecular formula is C13H11ClN4O2S. The molecular weight excluding hydrogens is 312 g/mol. The quantitative estimate of drug-likeness (QED) is 0.803. The highest BCUT2D eigenvalue weighted by Crippen LogP contribution is 2.24. The zero-order valence-corrected chi connectivity index (χ0v) is 12.6. The van der Waals surface area contributed by atoms with Crippen LogP contribution in [0.25, 0.3) is 5.65 Å². The van der Waals surface area contributed by atoms with Gasteiger partial charge in [0.1, 0.15) is 5.65 Å². The van der Waals surface area contributed by atoms with Gasteiger partial charge in [0, 0.05) is 18.1 Å². The van der Waals surface area contributed by atoms with E-state index in [1.165, 1.54) is 10.6 Å². The van der Waals surface area contributed by atoms with Gasteiger partial charge in [-0.3, -0.25) is 14.1 Å². The summed E-state index contributed by atoms with van der Waals surface area (Å²) in [6, 6.07) is 8.35. The second-order valence-corrected chi connectivity index (χ2v) is 6.38. The maximum absolute atomic E-state index is 12.5. The molecule has 0 amide bonds. The van der Waals surface area contributed by atoms with Crippen LogP contribution in [0.15, 0.2) is 47.8 Å². The van der Waals surface area contributed by atoms with Gasteiger partial charge in [0.05, 0.1) is 5.69 Å². The van der Waals surface area contributed by atoms with E-state index in [1.54, 1.807) is 43.5 Å². The number of anilines is 1. The van der Waals surface area contributed by atoms with Gasteiger partial charge in [-0.15, -0.1) is 0 Å². The summed E-state index contributed by atoms with van der Waals surface area (Å²) in [5, 5.41) is -0.159. The Morgan fingerprint density at radius 2 is 2.10 bits per heavy atom. The summed E-state index contributed by atoms with van der Waals surface area (Å²) in [6.07, 6.45) is 3.13. The molecule has 6 nitrogen and oxygen atoms in total. The van der Waals surface area contributed by atoms with Crippen molar-refractivity contribution in [1.82, 2.24) is 14.4 Å². The topological polar surface area (TPSA) is 76.4 Å². The number of halogens is 1. The fourth-order valence-corrected chi connectivity index (χ4v) is 3.69. The third-order valence-corrected chi connectivity index (χ3v) is 4.63. The monoisotopic (exact) mass is 322 g/mol. The molecule has 0 bridgehead atoms. The van der Waals surface area contributed by atoms with Crippen molar-refractivity contribution in [1.29, 1.82) is 0 Å². The smallest absolute Gasteiger partial charge is 0.281 e. The summed E-state index contributed by atoms with van der Waals surface area (Å²) in [4.78, 5) is 8.06. The minimum atomic E-state index is -3.85. The average Bonchev–Trinajstić information content (AvgIpc) is 2.74. The van der Waals surface area contributed by atoms with Crippen molar-refractivity contribution in [2.24, 2.45) is 0 Å². The number of sulfonamides is 1. The van der Waals surface area contributed by atoms with Crippen LogP contribution in [0.3, 0.4) is 0 Å². The molecule has 0 saturated heterocycles. The van der Waals surface area contributed by atoms with Crippen molar-refractivity contribution < 1.29 is 8.42 Å². The van der Waals surface area contributed by atoms with Crippen molar-refractivity contribution in [3.05, 3.63) is 53.6 Å². The molecule has 21 heavy (non-hydrogen) atoms. The van der Waals surface area contributed by atoms with Crippen LogP contribution >= 0.6 is 11.6 Å². The lowest BCUT2D eigenvalue weighted by Gasteiger charge is -2.08. The molecule has 108 valence electrons. The summed E-state index contributed by atoms with van der Waals surface area (Å²) in [7, 11) is -3.85. The number of fused-ring (bicyclic) bond motifs is 1. The lowest BCUT2D eigenvalue weighted by Crippen LogP contribution is -2.15. The second-order valence-electron chi connectivity index (χ2n) is 4.43. The largest absolute Gasteiger partial charge is 0.288 e. The Balaban J connectivity index is 2.10. The number of aryl methyl sites for hydroxylation is 1. The van der Waals surface area contributed by atoms with E-state index in [9.17, 15) is 8.42 Å². The molecule has 3 aromatic rings. The normalized spacial score (nSPS) is 11.7. The number of rotatable bonds is 3. The van der Waals surface area contributed by atoms with Crippen LogP contribution in [0, 0.1) is 6.92 Å². The summed E-state index contributed by atoms with van der Waals surface area (Å²) < 4.78 is 29.0. The SMILES string of the molecule is Cc1cc(NS(=O)(=O)c2c(Cl)nc3ccccn23)ccn1. The number of nitrogens with one attached hydrogen (secondary N) is 1. The zero-order valence-electron chi connectivity index (χ0n) is 11.0. The maximum Gasteiger partial charge on any atom is 0.281 e. The highest BCUT2D eigenvalue weighted by atomic mass is 35.5. The van der Waals surface area contributed by atoms with Crippen molar-refractivity contribution in [2.75, 3.05) is 4.72 Å². The van der Waals surface area contributed by atoms with Crippen LogP contribution in [0.5, 0.6) is 0 Å². The summed E-state index contributed by atoms with van der Waals surface area (Å²) >= 11 is 5.99. The molecule has 0 aliphatic carbocycles. The molecule has 0 spiro atoms.